The van der Waals surface area contributed by atoms with E-state index in [1.54, 1.807) is 0 Å². The van der Waals surface area contributed by atoms with Crippen LogP contribution in [0.2, 0.25) is 0 Å². The Morgan fingerprint density at radius 3 is 2.65 bits per heavy atom. The van der Waals surface area contributed by atoms with Gasteiger partial charge in [-0.15, -0.1) is 0 Å². The standard InChI is InChI=1S/C12H14F2O6/c1-7(5-9(15)19-6-12(2,13)14)10(16)20-8-3-4-18-11(8)17/h8H,1,3-6H2,2H3. The van der Waals surface area contributed by atoms with Gasteiger partial charge in [0.2, 0.25) is 6.10 Å². The van der Waals surface area contributed by atoms with Gasteiger partial charge in [0.25, 0.3) is 5.92 Å². The van der Waals surface area contributed by atoms with Crippen LogP contribution in [0.4, 0.5) is 8.78 Å². The first-order valence-electron chi connectivity index (χ1n) is 5.78. The summed E-state index contributed by atoms with van der Waals surface area (Å²) in [5.74, 6) is -5.80. The van der Waals surface area contributed by atoms with Crippen molar-refractivity contribution in [3.8, 4) is 0 Å². The second-order valence-electron chi connectivity index (χ2n) is 4.36. The Hall–Kier alpha value is -1.99. The van der Waals surface area contributed by atoms with Gasteiger partial charge >= 0.3 is 17.9 Å². The maximum Gasteiger partial charge on any atom is 0.347 e. The summed E-state index contributed by atoms with van der Waals surface area (Å²) in [4.78, 5) is 33.7. The number of carbonyl (C=O) groups is 3. The molecule has 0 aromatic rings. The third-order valence-corrected chi connectivity index (χ3v) is 2.27. The van der Waals surface area contributed by atoms with Crippen molar-refractivity contribution in [1.29, 1.82) is 0 Å². The van der Waals surface area contributed by atoms with E-state index in [1.807, 2.05) is 0 Å². The van der Waals surface area contributed by atoms with Gasteiger partial charge in [-0.1, -0.05) is 6.58 Å². The molecule has 0 amide bonds. The lowest BCUT2D eigenvalue weighted by molar-refractivity contribution is -0.159. The molecule has 0 N–H and O–H groups in total. The molecule has 1 aliphatic heterocycles. The molecule has 1 rings (SSSR count). The zero-order valence-electron chi connectivity index (χ0n) is 10.8. The molecule has 0 aromatic heterocycles. The molecule has 1 atom stereocenters. The van der Waals surface area contributed by atoms with Crippen LogP contribution in [0.1, 0.15) is 19.8 Å². The van der Waals surface area contributed by atoms with Gasteiger partial charge in [-0.05, 0) is 0 Å². The zero-order valence-corrected chi connectivity index (χ0v) is 10.8. The molecule has 0 radical (unpaired) electrons. The number of rotatable bonds is 6. The molecule has 8 heteroatoms. The topological polar surface area (TPSA) is 78.9 Å². The molecule has 20 heavy (non-hydrogen) atoms. The zero-order chi connectivity index (χ0) is 15.3. The van der Waals surface area contributed by atoms with Crippen molar-refractivity contribution in [2.45, 2.75) is 31.8 Å². The molecule has 1 saturated heterocycles. The monoisotopic (exact) mass is 292 g/mol. The molecular formula is C12H14F2O6. The van der Waals surface area contributed by atoms with Crippen molar-refractivity contribution >= 4 is 17.9 Å². The minimum Gasteiger partial charge on any atom is -0.463 e. The van der Waals surface area contributed by atoms with Crippen molar-refractivity contribution < 1.29 is 37.4 Å². The second kappa shape index (κ2) is 6.44. The van der Waals surface area contributed by atoms with Crippen molar-refractivity contribution in [3.63, 3.8) is 0 Å². The van der Waals surface area contributed by atoms with Crippen molar-refractivity contribution in [2.24, 2.45) is 0 Å². The summed E-state index contributed by atoms with van der Waals surface area (Å²) in [5.41, 5.74) is -0.283. The summed E-state index contributed by atoms with van der Waals surface area (Å²) in [7, 11) is 0. The van der Waals surface area contributed by atoms with E-state index in [-0.39, 0.29) is 18.6 Å². The fraction of sp³-hybridized carbons (Fsp3) is 0.583. The maximum atomic E-state index is 12.4. The molecule has 0 spiro atoms. The van der Waals surface area contributed by atoms with Crippen LogP contribution in [0.5, 0.6) is 0 Å². The molecule has 0 aromatic carbocycles. The highest BCUT2D eigenvalue weighted by atomic mass is 19.3. The third kappa shape index (κ3) is 5.33. The minimum absolute atomic E-state index is 0.150. The van der Waals surface area contributed by atoms with E-state index in [2.05, 4.69) is 16.1 Å². The SMILES string of the molecule is C=C(CC(=O)OCC(C)(F)F)C(=O)OC1CCOC1=O. The Kier molecular flexibility index (Phi) is 5.18. The van der Waals surface area contributed by atoms with E-state index in [9.17, 15) is 23.2 Å². The Morgan fingerprint density at radius 1 is 1.50 bits per heavy atom. The smallest absolute Gasteiger partial charge is 0.347 e. The van der Waals surface area contributed by atoms with Crippen LogP contribution in [0, 0.1) is 0 Å². The van der Waals surface area contributed by atoms with Crippen LogP contribution in [0.15, 0.2) is 12.2 Å². The van der Waals surface area contributed by atoms with Crippen LogP contribution in [-0.2, 0) is 28.6 Å². The molecular weight excluding hydrogens is 278 g/mol. The average Bonchev–Trinajstić information content (AvgIpc) is 2.71. The highest BCUT2D eigenvalue weighted by Gasteiger charge is 2.31. The van der Waals surface area contributed by atoms with E-state index >= 15 is 0 Å². The van der Waals surface area contributed by atoms with E-state index in [0.717, 1.165) is 0 Å². The Morgan fingerprint density at radius 2 is 2.15 bits per heavy atom. The van der Waals surface area contributed by atoms with Crippen LogP contribution in [0.25, 0.3) is 0 Å². The van der Waals surface area contributed by atoms with E-state index in [4.69, 9.17) is 4.74 Å². The number of alkyl halides is 2. The number of esters is 3. The predicted molar refractivity (Wildman–Crippen MR) is 60.8 cm³/mol. The van der Waals surface area contributed by atoms with Gasteiger partial charge in [0.1, 0.15) is 0 Å². The van der Waals surface area contributed by atoms with Gasteiger partial charge in [-0.25, -0.2) is 18.4 Å². The Labute approximate surface area is 113 Å². The summed E-state index contributed by atoms with van der Waals surface area (Å²) in [6.07, 6.45) is -1.38. The summed E-state index contributed by atoms with van der Waals surface area (Å²) in [6.45, 7) is 2.95. The van der Waals surface area contributed by atoms with Crippen LogP contribution in [0.3, 0.4) is 0 Å². The molecule has 1 fully saturated rings. The fourth-order valence-electron chi connectivity index (χ4n) is 1.30. The van der Waals surface area contributed by atoms with Crippen molar-refractivity contribution in [2.75, 3.05) is 13.2 Å². The molecule has 1 aliphatic rings. The number of cyclic esters (lactones) is 1. The van der Waals surface area contributed by atoms with Crippen molar-refractivity contribution in [3.05, 3.63) is 12.2 Å². The normalized spacial score (nSPS) is 18.4. The molecule has 1 heterocycles. The maximum absolute atomic E-state index is 12.4. The fourth-order valence-corrected chi connectivity index (χ4v) is 1.30. The lowest BCUT2D eigenvalue weighted by Crippen LogP contribution is -2.25. The highest BCUT2D eigenvalue weighted by molar-refractivity contribution is 5.94. The average molecular weight is 292 g/mol. The van der Waals surface area contributed by atoms with E-state index in [1.165, 1.54) is 0 Å². The van der Waals surface area contributed by atoms with Gasteiger partial charge in [0.05, 0.1) is 13.0 Å². The van der Waals surface area contributed by atoms with Crippen LogP contribution >= 0.6 is 0 Å². The van der Waals surface area contributed by atoms with E-state index < -0.39 is 43.0 Å². The first-order chi connectivity index (χ1) is 9.19. The number of carbonyl (C=O) groups excluding carboxylic acids is 3. The minimum atomic E-state index is -3.15. The Bertz CT molecular complexity index is 426. The van der Waals surface area contributed by atoms with Crippen molar-refractivity contribution in [1.82, 2.24) is 0 Å². The molecule has 0 bridgehead atoms. The molecule has 112 valence electrons. The highest BCUT2D eigenvalue weighted by Crippen LogP contribution is 2.15. The molecule has 0 saturated carbocycles. The van der Waals surface area contributed by atoms with Crippen LogP contribution in [-0.4, -0.2) is 43.1 Å². The molecule has 0 aliphatic carbocycles. The Balaban J connectivity index is 2.36. The quantitative estimate of drug-likeness (QED) is 0.412. The van der Waals surface area contributed by atoms with Crippen LogP contribution < -0.4 is 0 Å². The second-order valence-corrected chi connectivity index (χ2v) is 4.36. The number of halogens is 2. The van der Waals surface area contributed by atoms with Gasteiger partial charge in [-0.2, -0.15) is 0 Å². The largest absolute Gasteiger partial charge is 0.463 e. The number of hydrogen-bond acceptors (Lipinski definition) is 6. The number of ether oxygens (including phenoxy) is 3. The first kappa shape index (κ1) is 16.1. The first-order valence-corrected chi connectivity index (χ1v) is 5.78. The van der Waals surface area contributed by atoms with E-state index in [0.29, 0.717) is 6.92 Å². The summed E-state index contributed by atoms with van der Waals surface area (Å²) in [5, 5.41) is 0. The lowest BCUT2D eigenvalue weighted by atomic mass is 10.2. The third-order valence-electron chi connectivity index (χ3n) is 2.27. The summed E-state index contributed by atoms with van der Waals surface area (Å²) in [6, 6.07) is 0. The number of hydrogen-bond donors (Lipinski definition) is 0. The van der Waals surface area contributed by atoms with Gasteiger partial charge in [0, 0.05) is 18.9 Å². The van der Waals surface area contributed by atoms with Gasteiger partial charge in [0.15, 0.2) is 6.61 Å². The summed E-state index contributed by atoms with van der Waals surface area (Å²) < 4.78 is 38.5. The van der Waals surface area contributed by atoms with Gasteiger partial charge < -0.3 is 14.2 Å². The lowest BCUT2D eigenvalue weighted by Gasteiger charge is -2.12. The predicted octanol–water partition coefficient (Wildman–Crippen LogP) is 0.990. The molecule has 6 nitrogen and oxygen atoms in total. The molecule has 1 unspecified atom stereocenters. The summed E-state index contributed by atoms with van der Waals surface area (Å²) >= 11 is 0. The van der Waals surface area contributed by atoms with Gasteiger partial charge in [-0.3, -0.25) is 4.79 Å².